The van der Waals surface area contributed by atoms with Crippen molar-refractivity contribution in [2.24, 2.45) is 0 Å². The number of piperazine rings is 1. The Labute approximate surface area is 196 Å². The molecule has 0 radical (unpaired) electrons. The molecule has 0 aliphatic carbocycles. The Morgan fingerprint density at radius 3 is 2.21 bits per heavy atom. The maximum Gasteiger partial charge on any atom is 0.339 e. The Kier molecular flexibility index (Phi) is 7.04. The van der Waals surface area contributed by atoms with E-state index in [4.69, 9.17) is 9.47 Å². The zero-order valence-electron chi connectivity index (χ0n) is 18.2. The topological polar surface area (TPSA) is 76.2 Å². The Hall–Kier alpha value is -3.65. The van der Waals surface area contributed by atoms with Gasteiger partial charge >= 0.3 is 5.97 Å². The molecule has 0 spiro atoms. The van der Waals surface area contributed by atoms with E-state index in [1.165, 1.54) is 11.3 Å². The van der Waals surface area contributed by atoms with Crippen LogP contribution in [0.4, 0.5) is 5.69 Å². The van der Waals surface area contributed by atoms with Crippen molar-refractivity contribution in [2.45, 2.75) is 0 Å². The van der Waals surface area contributed by atoms with Gasteiger partial charge in [-0.3, -0.25) is 9.59 Å². The van der Waals surface area contributed by atoms with Crippen LogP contribution >= 0.6 is 11.3 Å². The van der Waals surface area contributed by atoms with Crippen molar-refractivity contribution in [2.75, 3.05) is 44.8 Å². The highest BCUT2D eigenvalue weighted by Gasteiger charge is 2.24. The zero-order chi connectivity index (χ0) is 23.2. The van der Waals surface area contributed by atoms with E-state index < -0.39 is 5.97 Å². The molecule has 1 amide bonds. The normalized spacial score (nSPS) is 13.5. The van der Waals surface area contributed by atoms with Gasteiger partial charge in [0.15, 0.2) is 6.61 Å². The fourth-order valence-corrected chi connectivity index (χ4v) is 4.38. The molecular weight excluding hydrogens is 440 g/mol. The number of hydrogen-bond acceptors (Lipinski definition) is 7. The SMILES string of the molecule is COc1ccc(N2CCN(C(=O)COC(=O)c3ccccc3C(=O)c3cccs3)CC2)cc1. The molecule has 2 aromatic carbocycles. The maximum atomic E-state index is 12.7. The molecule has 7 nitrogen and oxygen atoms in total. The summed E-state index contributed by atoms with van der Waals surface area (Å²) >= 11 is 1.31. The Balaban J connectivity index is 1.31. The minimum Gasteiger partial charge on any atom is -0.497 e. The molecule has 4 rings (SSSR count). The van der Waals surface area contributed by atoms with Crippen LogP contribution in [-0.2, 0) is 9.53 Å². The van der Waals surface area contributed by atoms with Gasteiger partial charge in [-0.15, -0.1) is 11.3 Å². The van der Waals surface area contributed by atoms with Gasteiger partial charge in [-0.2, -0.15) is 0 Å². The number of ketones is 1. The van der Waals surface area contributed by atoms with E-state index in [9.17, 15) is 14.4 Å². The average Bonchev–Trinajstić information content (AvgIpc) is 3.42. The van der Waals surface area contributed by atoms with Crippen LogP contribution in [0.5, 0.6) is 5.75 Å². The number of nitrogens with zero attached hydrogens (tertiary/aromatic N) is 2. The predicted molar refractivity (Wildman–Crippen MR) is 126 cm³/mol. The van der Waals surface area contributed by atoms with Gasteiger partial charge in [0.25, 0.3) is 5.91 Å². The van der Waals surface area contributed by atoms with E-state index >= 15 is 0 Å². The second-order valence-electron chi connectivity index (χ2n) is 7.49. The third-order valence-electron chi connectivity index (χ3n) is 5.53. The van der Waals surface area contributed by atoms with Crippen molar-refractivity contribution in [3.05, 3.63) is 82.0 Å². The molecular formula is C25H24N2O5S. The van der Waals surface area contributed by atoms with Gasteiger partial charge in [-0.05, 0) is 41.8 Å². The fraction of sp³-hybridized carbons (Fsp3) is 0.240. The Morgan fingerprint density at radius 1 is 0.879 bits per heavy atom. The monoisotopic (exact) mass is 464 g/mol. The average molecular weight is 465 g/mol. The summed E-state index contributed by atoms with van der Waals surface area (Å²) in [6.07, 6.45) is 0. The smallest absolute Gasteiger partial charge is 0.339 e. The van der Waals surface area contributed by atoms with E-state index in [0.29, 0.717) is 31.1 Å². The standard InChI is InChI=1S/C25H24N2O5S/c1-31-19-10-8-18(9-11-19)26-12-14-27(15-13-26)23(28)17-32-25(30)21-6-3-2-5-20(21)24(29)22-7-4-16-33-22/h2-11,16H,12-15,17H2,1H3. The van der Waals surface area contributed by atoms with Crippen LogP contribution in [0.2, 0.25) is 0 Å². The number of esters is 1. The number of anilines is 1. The Bertz CT molecular complexity index is 1120. The van der Waals surface area contributed by atoms with Gasteiger partial charge < -0.3 is 19.3 Å². The lowest BCUT2D eigenvalue weighted by atomic mass is 10.0. The number of benzene rings is 2. The number of amides is 1. The molecule has 1 aliphatic heterocycles. The molecule has 0 N–H and O–H groups in total. The van der Waals surface area contributed by atoms with E-state index in [-0.39, 0.29) is 29.4 Å². The lowest BCUT2D eigenvalue weighted by Gasteiger charge is -2.36. The van der Waals surface area contributed by atoms with Gasteiger partial charge in [0.05, 0.1) is 17.6 Å². The maximum absolute atomic E-state index is 12.7. The van der Waals surface area contributed by atoms with Crippen LogP contribution in [0.15, 0.2) is 66.0 Å². The minimum atomic E-state index is -0.680. The fourth-order valence-electron chi connectivity index (χ4n) is 3.70. The second-order valence-corrected chi connectivity index (χ2v) is 8.44. The number of thiophene rings is 1. The van der Waals surface area contributed by atoms with E-state index in [1.807, 2.05) is 24.3 Å². The highest BCUT2D eigenvalue weighted by Crippen LogP contribution is 2.21. The number of rotatable bonds is 7. The summed E-state index contributed by atoms with van der Waals surface area (Å²) in [7, 11) is 1.63. The Morgan fingerprint density at radius 2 is 1.58 bits per heavy atom. The molecule has 8 heteroatoms. The lowest BCUT2D eigenvalue weighted by molar-refractivity contribution is -0.134. The molecule has 0 bridgehead atoms. The molecule has 0 unspecified atom stereocenters. The third kappa shape index (κ3) is 5.23. The summed E-state index contributed by atoms with van der Waals surface area (Å²) in [6.45, 7) is 2.09. The van der Waals surface area contributed by atoms with E-state index in [2.05, 4.69) is 4.90 Å². The number of hydrogen-bond donors (Lipinski definition) is 0. The van der Waals surface area contributed by atoms with Crippen LogP contribution in [0.1, 0.15) is 25.6 Å². The lowest BCUT2D eigenvalue weighted by Crippen LogP contribution is -2.49. The molecule has 1 fully saturated rings. The summed E-state index contributed by atoms with van der Waals surface area (Å²) in [6, 6.07) is 17.8. The molecule has 3 aromatic rings. The molecule has 2 heterocycles. The molecule has 1 aliphatic rings. The first kappa shape index (κ1) is 22.5. The van der Waals surface area contributed by atoms with Gasteiger partial charge in [0.2, 0.25) is 5.78 Å². The van der Waals surface area contributed by atoms with Crippen molar-refractivity contribution in [3.8, 4) is 5.75 Å². The van der Waals surface area contributed by atoms with E-state index in [0.717, 1.165) is 11.4 Å². The molecule has 1 saturated heterocycles. The summed E-state index contributed by atoms with van der Waals surface area (Å²) in [5, 5.41) is 1.81. The molecule has 0 atom stereocenters. The minimum absolute atomic E-state index is 0.160. The largest absolute Gasteiger partial charge is 0.497 e. The van der Waals surface area contributed by atoms with Crippen molar-refractivity contribution < 1.29 is 23.9 Å². The van der Waals surface area contributed by atoms with Gasteiger partial charge in [-0.1, -0.05) is 24.3 Å². The first-order valence-electron chi connectivity index (χ1n) is 10.6. The number of carbonyl (C=O) groups is 3. The summed E-state index contributed by atoms with van der Waals surface area (Å²) in [5.74, 6) is -0.368. The highest BCUT2D eigenvalue weighted by molar-refractivity contribution is 7.12. The van der Waals surface area contributed by atoms with Crippen molar-refractivity contribution >= 4 is 34.7 Å². The second kappa shape index (κ2) is 10.3. The molecule has 170 valence electrons. The predicted octanol–water partition coefficient (Wildman–Crippen LogP) is 3.49. The van der Waals surface area contributed by atoms with Crippen molar-refractivity contribution in [1.29, 1.82) is 0 Å². The summed E-state index contributed by atoms with van der Waals surface area (Å²) in [4.78, 5) is 42.4. The molecule has 33 heavy (non-hydrogen) atoms. The van der Waals surface area contributed by atoms with Crippen molar-refractivity contribution in [3.63, 3.8) is 0 Å². The first-order chi connectivity index (χ1) is 16.1. The van der Waals surface area contributed by atoms with Gasteiger partial charge in [0, 0.05) is 37.4 Å². The molecule has 0 saturated carbocycles. The third-order valence-corrected chi connectivity index (χ3v) is 6.40. The summed E-state index contributed by atoms with van der Waals surface area (Å²) < 4.78 is 10.5. The number of methoxy groups -OCH3 is 1. The van der Waals surface area contributed by atoms with Crippen LogP contribution in [0, 0.1) is 0 Å². The van der Waals surface area contributed by atoms with Gasteiger partial charge in [0.1, 0.15) is 5.75 Å². The van der Waals surface area contributed by atoms with Crippen LogP contribution in [-0.4, -0.2) is 62.5 Å². The van der Waals surface area contributed by atoms with Crippen LogP contribution in [0.25, 0.3) is 0 Å². The quantitative estimate of drug-likeness (QED) is 0.394. The van der Waals surface area contributed by atoms with Crippen LogP contribution < -0.4 is 9.64 Å². The summed E-state index contributed by atoms with van der Waals surface area (Å²) in [5.41, 5.74) is 1.50. The van der Waals surface area contributed by atoms with E-state index in [1.54, 1.807) is 53.8 Å². The zero-order valence-corrected chi connectivity index (χ0v) is 19.0. The molecule has 1 aromatic heterocycles. The van der Waals surface area contributed by atoms with Crippen molar-refractivity contribution in [1.82, 2.24) is 4.90 Å². The first-order valence-corrected chi connectivity index (χ1v) is 11.5. The number of carbonyl (C=O) groups excluding carboxylic acids is 3. The van der Waals surface area contributed by atoms with Gasteiger partial charge in [-0.25, -0.2) is 4.79 Å². The van der Waals surface area contributed by atoms with Crippen LogP contribution in [0.3, 0.4) is 0 Å². The number of ether oxygens (including phenoxy) is 2. The highest BCUT2D eigenvalue weighted by atomic mass is 32.1.